The molecule has 0 fully saturated rings. The number of hydrogen-bond acceptors (Lipinski definition) is 5. The summed E-state index contributed by atoms with van der Waals surface area (Å²) >= 11 is 7.11. The number of hydrogen-bond donors (Lipinski definition) is 0. The summed E-state index contributed by atoms with van der Waals surface area (Å²) in [6.45, 7) is 0. The molecule has 1 heterocycles. The molecule has 0 saturated heterocycles. The van der Waals surface area contributed by atoms with Crippen molar-refractivity contribution in [2.75, 3.05) is 12.9 Å². The first-order valence-corrected chi connectivity index (χ1v) is 6.19. The Labute approximate surface area is 107 Å². The fourth-order valence-corrected chi connectivity index (χ4v) is 2.39. The lowest BCUT2D eigenvalue weighted by Gasteiger charge is -2.04. The highest BCUT2D eigenvalue weighted by atomic mass is 35.5. The van der Waals surface area contributed by atoms with Gasteiger partial charge in [-0.3, -0.25) is 4.79 Å². The average molecular weight is 269 g/mol. The lowest BCUT2D eigenvalue weighted by molar-refractivity contribution is -0.137. The first kappa shape index (κ1) is 12.1. The maximum Gasteiger partial charge on any atom is 0.316 e. The summed E-state index contributed by atoms with van der Waals surface area (Å²) in [5, 5.41) is 1.74. The van der Waals surface area contributed by atoms with Gasteiger partial charge in [-0.1, -0.05) is 30.0 Å². The summed E-state index contributed by atoms with van der Waals surface area (Å²) in [6, 6.07) is 7.51. The molecular weight excluding hydrogens is 260 g/mol. The molecular formula is C11H9ClN2O2S. The van der Waals surface area contributed by atoms with Gasteiger partial charge in [-0.15, -0.1) is 0 Å². The molecule has 2 rings (SSSR count). The molecule has 17 heavy (non-hydrogen) atoms. The Hall–Kier alpha value is -1.33. The molecule has 0 spiro atoms. The largest absolute Gasteiger partial charge is 0.468 e. The molecule has 0 aliphatic rings. The van der Waals surface area contributed by atoms with Crippen molar-refractivity contribution in [2.24, 2.45) is 0 Å². The highest BCUT2D eigenvalue weighted by Gasteiger charge is 2.09. The number of carbonyl (C=O) groups is 1. The second-order valence-corrected chi connectivity index (χ2v) is 4.48. The number of aromatic nitrogens is 2. The van der Waals surface area contributed by atoms with Gasteiger partial charge in [0.15, 0.2) is 0 Å². The third-order valence-corrected chi connectivity index (χ3v) is 3.23. The zero-order valence-corrected chi connectivity index (χ0v) is 10.6. The minimum Gasteiger partial charge on any atom is -0.468 e. The third kappa shape index (κ3) is 2.87. The number of fused-ring (bicyclic) bond motifs is 1. The Bertz CT molecular complexity index is 562. The predicted molar refractivity (Wildman–Crippen MR) is 67.3 cm³/mol. The summed E-state index contributed by atoms with van der Waals surface area (Å²) in [7, 11) is 1.36. The lowest BCUT2D eigenvalue weighted by Crippen LogP contribution is -2.03. The van der Waals surface area contributed by atoms with Gasteiger partial charge < -0.3 is 4.74 Å². The van der Waals surface area contributed by atoms with Gasteiger partial charge in [-0.05, 0) is 17.7 Å². The van der Waals surface area contributed by atoms with Crippen LogP contribution in [0, 0.1) is 0 Å². The Morgan fingerprint density at radius 3 is 2.94 bits per heavy atom. The van der Waals surface area contributed by atoms with Crippen molar-refractivity contribution in [3.05, 3.63) is 29.5 Å². The summed E-state index contributed by atoms with van der Waals surface area (Å²) in [5.74, 6) is -0.0952. The van der Waals surface area contributed by atoms with Gasteiger partial charge in [0.05, 0.1) is 18.4 Å². The van der Waals surface area contributed by atoms with Gasteiger partial charge in [0.1, 0.15) is 5.03 Å². The van der Waals surface area contributed by atoms with Gasteiger partial charge in [-0.25, -0.2) is 9.97 Å². The van der Waals surface area contributed by atoms with E-state index in [4.69, 9.17) is 11.6 Å². The van der Waals surface area contributed by atoms with Crippen molar-refractivity contribution < 1.29 is 9.53 Å². The van der Waals surface area contributed by atoms with E-state index in [1.54, 1.807) is 0 Å². The Morgan fingerprint density at radius 2 is 2.18 bits per heavy atom. The molecule has 0 atom stereocenters. The molecule has 88 valence electrons. The van der Waals surface area contributed by atoms with E-state index in [0.29, 0.717) is 5.03 Å². The standard InChI is InChI=1S/C11H9ClN2O2S/c1-16-9(15)6-17-10-7-4-2-3-5-8(7)13-11(12)14-10/h2-5H,6H2,1H3. The number of para-hydroxylation sites is 1. The minimum atomic E-state index is -0.297. The van der Waals surface area contributed by atoms with Crippen LogP contribution in [0.25, 0.3) is 10.9 Å². The van der Waals surface area contributed by atoms with Gasteiger partial charge in [0.2, 0.25) is 5.28 Å². The molecule has 1 aromatic carbocycles. The topological polar surface area (TPSA) is 52.1 Å². The normalized spacial score (nSPS) is 10.5. The number of halogens is 1. The highest BCUT2D eigenvalue weighted by molar-refractivity contribution is 8.00. The number of ether oxygens (including phenoxy) is 1. The number of esters is 1. The van der Waals surface area contributed by atoms with Crippen LogP contribution in [0.15, 0.2) is 29.3 Å². The van der Waals surface area contributed by atoms with Crippen LogP contribution in [0.5, 0.6) is 0 Å². The van der Waals surface area contributed by atoms with Crippen LogP contribution in [0.1, 0.15) is 0 Å². The summed E-state index contributed by atoms with van der Waals surface area (Å²) in [6.07, 6.45) is 0. The molecule has 0 aliphatic carbocycles. The molecule has 1 aromatic heterocycles. The zero-order valence-electron chi connectivity index (χ0n) is 9.01. The Balaban J connectivity index is 2.35. The molecule has 0 amide bonds. The quantitative estimate of drug-likeness (QED) is 0.371. The van der Waals surface area contributed by atoms with Crippen molar-refractivity contribution in [1.82, 2.24) is 9.97 Å². The first-order chi connectivity index (χ1) is 8.20. The lowest BCUT2D eigenvalue weighted by atomic mass is 10.2. The van der Waals surface area contributed by atoms with E-state index in [-0.39, 0.29) is 17.0 Å². The Morgan fingerprint density at radius 1 is 1.41 bits per heavy atom. The van der Waals surface area contributed by atoms with Crippen molar-refractivity contribution in [2.45, 2.75) is 5.03 Å². The van der Waals surface area contributed by atoms with Crippen molar-refractivity contribution in [1.29, 1.82) is 0 Å². The number of thioether (sulfide) groups is 1. The van der Waals surface area contributed by atoms with Crippen LogP contribution < -0.4 is 0 Å². The fourth-order valence-electron chi connectivity index (χ4n) is 1.32. The van der Waals surface area contributed by atoms with Crippen LogP contribution in [-0.4, -0.2) is 28.8 Å². The van der Waals surface area contributed by atoms with Crippen molar-refractivity contribution in [3.63, 3.8) is 0 Å². The molecule has 0 unspecified atom stereocenters. The minimum absolute atomic E-state index is 0.177. The second kappa shape index (κ2) is 5.33. The molecule has 0 bridgehead atoms. The second-order valence-electron chi connectivity index (χ2n) is 3.18. The van der Waals surface area contributed by atoms with E-state index in [0.717, 1.165) is 10.9 Å². The fraction of sp³-hybridized carbons (Fsp3) is 0.182. The van der Waals surface area contributed by atoms with Crippen LogP contribution in [0.2, 0.25) is 5.28 Å². The number of nitrogens with zero attached hydrogens (tertiary/aromatic N) is 2. The molecule has 0 N–H and O–H groups in total. The molecule has 6 heteroatoms. The zero-order chi connectivity index (χ0) is 12.3. The van der Waals surface area contributed by atoms with Crippen LogP contribution in [-0.2, 0) is 9.53 Å². The average Bonchev–Trinajstić information content (AvgIpc) is 2.35. The van der Waals surface area contributed by atoms with Gasteiger partial charge in [0, 0.05) is 5.39 Å². The maximum absolute atomic E-state index is 11.1. The summed E-state index contributed by atoms with van der Waals surface area (Å²) in [4.78, 5) is 19.3. The first-order valence-electron chi connectivity index (χ1n) is 4.82. The van der Waals surface area contributed by atoms with E-state index in [1.165, 1.54) is 18.9 Å². The highest BCUT2D eigenvalue weighted by Crippen LogP contribution is 2.26. The number of carbonyl (C=O) groups excluding carboxylic acids is 1. The Kier molecular flexibility index (Phi) is 3.81. The number of rotatable bonds is 3. The summed E-state index contributed by atoms with van der Waals surface area (Å²) < 4.78 is 4.58. The maximum atomic E-state index is 11.1. The molecule has 2 aromatic rings. The molecule has 0 saturated carbocycles. The summed E-state index contributed by atoms with van der Waals surface area (Å²) in [5.41, 5.74) is 0.764. The smallest absolute Gasteiger partial charge is 0.316 e. The van der Waals surface area contributed by atoms with Gasteiger partial charge >= 0.3 is 5.97 Å². The SMILES string of the molecule is COC(=O)CSc1nc(Cl)nc2ccccc12. The van der Waals surface area contributed by atoms with E-state index < -0.39 is 0 Å². The predicted octanol–water partition coefficient (Wildman–Crippen LogP) is 2.55. The number of methoxy groups -OCH3 is 1. The number of benzene rings is 1. The molecule has 4 nitrogen and oxygen atoms in total. The van der Waals surface area contributed by atoms with Crippen LogP contribution in [0.3, 0.4) is 0 Å². The van der Waals surface area contributed by atoms with E-state index in [9.17, 15) is 4.79 Å². The molecule has 0 aliphatic heterocycles. The van der Waals surface area contributed by atoms with E-state index in [1.807, 2.05) is 24.3 Å². The molecule has 0 radical (unpaired) electrons. The van der Waals surface area contributed by atoms with E-state index >= 15 is 0 Å². The van der Waals surface area contributed by atoms with Crippen LogP contribution in [0.4, 0.5) is 0 Å². The van der Waals surface area contributed by atoms with Gasteiger partial charge in [0.25, 0.3) is 0 Å². The van der Waals surface area contributed by atoms with E-state index in [2.05, 4.69) is 14.7 Å². The van der Waals surface area contributed by atoms with Crippen LogP contribution >= 0.6 is 23.4 Å². The third-order valence-electron chi connectivity index (χ3n) is 2.10. The van der Waals surface area contributed by atoms with Gasteiger partial charge in [-0.2, -0.15) is 0 Å². The van der Waals surface area contributed by atoms with Crippen molar-refractivity contribution >= 4 is 40.2 Å². The monoisotopic (exact) mass is 268 g/mol. The van der Waals surface area contributed by atoms with Crippen molar-refractivity contribution in [3.8, 4) is 0 Å².